The van der Waals surface area contributed by atoms with Gasteiger partial charge in [0.25, 0.3) is 0 Å². The van der Waals surface area contributed by atoms with Gasteiger partial charge in [0.05, 0.1) is 5.69 Å². The summed E-state index contributed by atoms with van der Waals surface area (Å²) >= 11 is 0. The minimum atomic E-state index is -1.26. The maximum atomic E-state index is 14.2. The van der Waals surface area contributed by atoms with E-state index in [4.69, 9.17) is 20.2 Å². The number of benzene rings is 2. The highest BCUT2D eigenvalue weighted by atomic mass is 19.1. The van der Waals surface area contributed by atoms with Crippen LogP contribution in [0.1, 0.15) is 25.5 Å². The lowest BCUT2D eigenvalue weighted by Crippen LogP contribution is -2.44. The van der Waals surface area contributed by atoms with Crippen LogP contribution in [0.25, 0.3) is 22.0 Å². The molecule has 1 aliphatic rings. The molecule has 3 aromatic rings. The Kier molecular flexibility index (Phi) is 8.26. The van der Waals surface area contributed by atoms with Gasteiger partial charge in [0.15, 0.2) is 0 Å². The van der Waals surface area contributed by atoms with Crippen LogP contribution in [0.4, 0.5) is 10.3 Å². The highest BCUT2D eigenvalue weighted by Gasteiger charge is 2.18. The zero-order chi connectivity index (χ0) is 24.7. The first-order valence-electron chi connectivity index (χ1n) is 10.9. The number of anilines is 1. The van der Waals surface area contributed by atoms with E-state index in [0.29, 0.717) is 23.5 Å². The molecule has 4 rings (SSSR count). The van der Waals surface area contributed by atoms with Crippen molar-refractivity contribution < 1.29 is 24.2 Å². The summed E-state index contributed by atoms with van der Waals surface area (Å²) < 4.78 is 14.2. The highest BCUT2D eigenvalue weighted by molar-refractivity contribution is 5.96. The average Bonchev–Trinajstić information content (AvgIpc) is 2.84. The van der Waals surface area contributed by atoms with E-state index in [2.05, 4.69) is 24.1 Å². The van der Waals surface area contributed by atoms with Crippen LogP contribution in [0.5, 0.6) is 0 Å². The average molecular weight is 467 g/mol. The third-order valence-corrected chi connectivity index (χ3v) is 5.24. The summed E-state index contributed by atoms with van der Waals surface area (Å²) in [6.07, 6.45) is 1.12. The summed E-state index contributed by atoms with van der Waals surface area (Å²) in [6, 6.07) is 13.0. The molecule has 3 N–H and O–H groups in total. The lowest BCUT2D eigenvalue weighted by molar-refractivity contribution is -0.134. The van der Waals surface area contributed by atoms with Crippen molar-refractivity contribution in [3.63, 3.8) is 0 Å². The molecule has 9 heteroatoms. The van der Waals surface area contributed by atoms with E-state index in [9.17, 15) is 14.0 Å². The minimum Gasteiger partial charge on any atom is -0.478 e. The minimum absolute atomic E-state index is 0.204. The topological polar surface area (TPSA) is 116 Å². The van der Waals surface area contributed by atoms with Gasteiger partial charge >= 0.3 is 11.9 Å². The largest absolute Gasteiger partial charge is 0.478 e. The van der Waals surface area contributed by atoms with Crippen molar-refractivity contribution in [3.8, 4) is 11.3 Å². The zero-order valence-electron chi connectivity index (χ0n) is 19.0. The predicted molar refractivity (Wildman–Crippen MR) is 129 cm³/mol. The van der Waals surface area contributed by atoms with Gasteiger partial charge in [-0.25, -0.2) is 23.9 Å². The maximum absolute atomic E-state index is 14.2. The molecule has 0 spiro atoms. The molecule has 0 atom stereocenters. The van der Waals surface area contributed by atoms with Gasteiger partial charge in [-0.2, -0.15) is 0 Å². The molecule has 1 saturated heterocycles. The van der Waals surface area contributed by atoms with Crippen LogP contribution >= 0.6 is 0 Å². The predicted octanol–water partition coefficient (Wildman–Crippen LogP) is 3.68. The Bertz CT molecular complexity index is 1190. The number of piperazine rings is 1. The van der Waals surface area contributed by atoms with Crippen molar-refractivity contribution in [2.45, 2.75) is 19.8 Å². The van der Waals surface area contributed by atoms with E-state index < -0.39 is 11.9 Å². The monoisotopic (exact) mass is 466 g/mol. The van der Waals surface area contributed by atoms with Crippen LogP contribution in [0, 0.1) is 5.82 Å². The summed E-state index contributed by atoms with van der Waals surface area (Å²) in [7, 11) is 0. The third-order valence-electron chi connectivity index (χ3n) is 5.24. The molecule has 2 aromatic carbocycles. The Morgan fingerprint density at radius 1 is 1.00 bits per heavy atom. The zero-order valence-corrected chi connectivity index (χ0v) is 19.0. The normalized spacial score (nSPS) is 13.7. The fourth-order valence-electron chi connectivity index (χ4n) is 3.52. The smallest absolute Gasteiger partial charge is 0.328 e. The van der Waals surface area contributed by atoms with E-state index in [1.807, 2.05) is 36.4 Å². The molecule has 178 valence electrons. The maximum Gasteiger partial charge on any atom is 0.328 e. The number of nitrogens with one attached hydrogen (secondary N) is 1. The van der Waals surface area contributed by atoms with Crippen molar-refractivity contribution in [3.05, 3.63) is 66.1 Å². The Balaban J connectivity index is 0.000000350. The molecular formula is C25H27FN4O4. The number of hydrogen-bond acceptors (Lipinski definition) is 6. The summed E-state index contributed by atoms with van der Waals surface area (Å²) in [6.45, 7) is 7.93. The van der Waals surface area contributed by atoms with Crippen LogP contribution in [-0.4, -0.2) is 58.3 Å². The Morgan fingerprint density at radius 2 is 1.62 bits per heavy atom. The van der Waals surface area contributed by atoms with Gasteiger partial charge in [-0.1, -0.05) is 38.1 Å². The molecule has 2 heterocycles. The Hall–Kier alpha value is -3.85. The van der Waals surface area contributed by atoms with Gasteiger partial charge < -0.3 is 20.4 Å². The molecule has 34 heavy (non-hydrogen) atoms. The molecule has 0 amide bonds. The number of nitrogens with zero attached hydrogens (tertiary/aromatic N) is 3. The Morgan fingerprint density at radius 3 is 2.21 bits per heavy atom. The van der Waals surface area contributed by atoms with E-state index in [1.165, 1.54) is 6.07 Å². The van der Waals surface area contributed by atoms with E-state index in [0.717, 1.165) is 54.5 Å². The second-order valence-corrected chi connectivity index (χ2v) is 8.02. The van der Waals surface area contributed by atoms with E-state index >= 15 is 0 Å². The molecule has 1 aliphatic heterocycles. The fraction of sp³-hybridized carbons (Fsp3) is 0.280. The lowest BCUT2D eigenvalue weighted by atomic mass is 10.00. The summed E-state index contributed by atoms with van der Waals surface area (Å²) in [4.78, 5) is 31.0. The van der Waals surface area contributed by atoms with Gasteiger partial charge in [-0.05, 0) is 29.5 Å². The number of hydrogen-bond donors (Lipinski definition) is 3. The van der Waals surface area contributed by atoms with Gasteiger partial charge in [0.1, 0.15) is 5.82 Å². The van der Waals surface area contributed by atoms with Crippen LogP contribution in [0.15, 0.2) is 54.6 Å². The van der Waals surface area contributed by atoms with Crippen LogP contribution in [0.3, 0.4) is 0 Å². The number of carboxylic acid groups (broad SMARTS) is 2. The summed E-state index contributed by atoms with van der Waals surface area (Å²) in [5, 5.41) is 20.5. The van der Waals surface area contributed by atoms with Crippen LogP contribution in [0.2, 0.25) is 0 Å². The first-order chi connectivity index (χ1) is 16.3. The fourth-order valence-corrected chi connectivity index (χ4v) is 3.52. The molecule has 1 fully saturated rings. The quantitative estimate of drug-likeness (QED) is 0.488. The van der Waals surface area contributed by atoms with Gasteiger partial charge in [-0.15, -0.1) is 0 Å². The second kappa shape index (κ2) is 11.3. The first-order valence-corrected chi connectivity index (χ1v) is 10.9. The lowest BCUT2D eigenvalue weighted by Gasteiger charge is -2.28. The number of carbonyl (C=O) groups is 2. The van der Waals surface area contributed by atoms with Crippen molar-refractivity contribution in [2.24, 2.45) is 0 Å². The SMILES string of the molecule is CC(C)c1cc(-c2ccc(F)c3ccccc23)nc(N2CCNCC2)n1.O=C(O)C=CC(=O)O. The van der Waals surface area contributed by atoms with Crippen molar-refractivity contribution in [1.82, 2.24) is 15.3 Å². The second-order valence-electron chi connectivity index (χ2n) is 8.02. The molecule has 0 radical (unpaired) electrons. The Labute approximate surface area is 196 Å². The molecule has 0 unspecified atom stereocenters. The highest BCUT2D eigenvalue weighted by Crippen LogP contribution is 2.31. The molecule has 0 saturated carbocycles. The van der Waals surface area contributed by atoms with Crippen molar-refractivity contribution >= 4 is 28.7 Å². The van der Waals surface area contributed by atoms with Gasteiger partial charge in [0, 0.05) is 55.0 Å². The van der Waals surface area contributed by atoms with E-state index in [1.54, 1.807) is 0 Å². The third kappa shape index (κ3) is 6.35. The molecule has 0 aliphatic carbocycles. The van der Waals surface area contributed by atoms with Crippen molar-refractivity contribution in [1.29, 1.82) is 0 Å². The number of carboxylic acids is 2. The number of fused-ring (bicyclic) bond motifs is 1. The number of rotatable bonds is 5. The van der Waals surface area contributed by atoms with Gasteiger partial charge in [-0.3, -0.25) is 0 Å². The number of halogens is 1. The molecule has 1 aromatic heterocycles. The van der Waals surface area contributed by atoms with Crippen LogP contribution in [-0.2, 0) is 9.59 Å². The summed E-state index contributed by atoms with van der Waals surface area (Å²) in [5.74, 6) is -1.66. The van der Waals surface area contributed by atoms with Gasteiger partial charge in [0.2, 0.25) is 5.95 Å². The molecular weight excluding hydrogens is 439 g/mol. The number of aliphatic carboxylic acids is 2. The summed E-state index contributed by atoms with van der Waals surface area (Å²) in [5.41, 5.74) is 2.81. The molecule has 8 nitrogen and oxygen atoms in total. The first kappa shape index (κ1) is 24.8. The van der Waals surface area contributed by atoms with E-state index in [-0.39, 0.29) is 5.82 Å². The van der Waals surface area contributed by atoms with Crippen LogP contribution < -0.4 is 10.2 Å². The number of aromatic nitrogens is 2. The standard InChI is InChI=1S/C21H23FN4.C4H4O4/c1-14(2)19-13-20(25-21(24-19)26-11-9-23-10-12-26)17-7-8-18(22)16-6-4-3-5-15(16)17;5-3(6)1-2-4(7)8/h3-8,13-14,23H,9-12H2,1-2H3;1-2H,(H,5,6)(H,7,8). The van der Waals surface area contributed by atoms with Crippen molar-refractivity contribution in [2.75, 3.05) is 31.1 Å². The molecule has 0 bridgehead atoms.